The van der Waals surface area contributed by atoms with E-state index >= 15 is 0 Å². The molecular formula is C20H22ClN3O4. The van der Waals surface area contributed by atoms with Gasteiger partial charge in [-0.2, -0.15) is 5.10 Å². The van der Waals surface area contributed by atoms with Gasteiger partial charge in [0.15, 0.2) is 11.5 Å². The molecule has 0 saturated heterocycles. The fourth-order valence-corrected chi connectivity index (χ4v) is 2.56. The average Bonchev–Trinajstić information content (AvgIpc) is 2.70. The Labute approximate surface area is 168 Å². The van der Waals surface area contributed by atoms with Crippen molar-refractivity contribution < 1.29 is 19.1 Å². The summed E-state index contributed by atoms with van der Waals surface area (Å²) in [5, 5.41) is 7.33. The van der Waals surface area contributed by atoms with E-state index in [1.54, 1.807) is 31.2 Å². The lowest BCUT2D eigenvalue weighted by Crippen LogP contribution is -2.26. The van der Waals surface area contributed by atoms with Crippen LogP contribution in [0, 0.1) is 0 Å². The van der Waals surface area contributed by atoms with Crippen LogP contribution in [-0.4, -0.2) is 31.7 Å². The number of hydrogen-bond donors (Lipinski definition) is 2. The molecule has 2 rings (SSSR count). The molecule has 28 heavy (non-hydrogen) atoms. The second-order valence-electron chi connectivity index (χ2n) is 5.90. The first-order chi connectivity index (χ1) is 13.4. The maximum absolute atomic E-state index is 12.2. The van der Waals surface area contributed by atoms with Crippen LogP contribution in [0.25, 0.3) is 0 Å². The molecular weight excluding hydrogens is 382 g/mol. The third-order valence-corrected chi connectivity index (χ3v) is 4.21. The number of hydrogen-bond acceptors (Lipinski definition) is 5. The minimum absolute atomic E-state index is 0.0522. The first-order valence-electron chi connectivity index (χ1n) is 8.50. The summed E-state index contributed by atoms with van der Waals surface area (Å²) in [5.74, 6) is 0.321. The zero-order chi connectivity index (χ0) is 20.5. The lowest BCUT2D eigenvalue weighted by Gasteiger charge is -2.09. The third-order valence-electron chi connectivity index (χ3n) is 3.84. The van der Waals surface area contributed by atoms with Crippen LogP contribution in [0.15, 0.2) is 47.6 Å². The Bertz CT molecular complexity index is 884. The first kappa shape index (κ1) is 21.2. The monoisotopic (exact) mass is 403 g/mol. The Kier molecular flexibility index (Phi) is 7.83. The van der Waals surface area contributed by atoms with Crippen LogP contribution < -0.4 is 20.2 Å². The second-order valence-corrected chi connectivity index (χ2v) is 6.31. The molecule has 8 heteroatoms. The maximum Gasteiger partial charge on any atom is 0.271 e. The van der Waals surface area contributed by atoms with Crippen molar-refractivity contribution >= 4 is 29.1 Å². The smallest absolute Gasteiger partial charge is 0.271 e. The van der Waals surface area contributed by atoms with Gasteiger partial charge in [0.25, 0.3) is 5.91 Å². The van der Waals surface area contributed by atoms with Gasteiger partial charge in [-0.05, 0) is 36.8 Å². The van der Waals surface area contributed by atoms with E-state index in [2.05, 4.69) is 15.8 Å². The Morgan fingerprint density at radius 1 is 1.07 bits per heavy atom. The lowest BCUT2D eigenvalue weighted by molar-refractivity contribution is -0.120. The lowest BCUT2D eigenvalue weighted by atomic mass is 10.2. The number of carbonyl (C=O) groups excluding carboxylic acids is 2. The molecule has 0 aromatic heterocycles. The molecule has 0 aliphatic heterocycles. The van der Waals surface area contributed by atoms with E-state index in [4.69, 9.17) is 21.1 Å². The number of carbonyl (C=O) groups is 2. The minimum atomic E-state index is -0.420. The number of amides is 2. The van der Waals surface area contributed by atoms with Gasteiger partial charge in [-0.1, -0.05) is 29.8 Å². The number of halogens is 1. The number of rotatable bonds is 8. The molecule has 2 aromatic carbocycles. The van der Waals surface area contributed by atoms with Gasteiger partial charge >= 0.3 is 0 Å². The molecule has 0 atom stereocenters. The van der Waals surface area contributed by atoms with E-state index in [1.165, 1.54) is 14.2 Å². The molecule has 0 radical (unpaired) electrons. The standard InChI is InChI=1S/C20H22ClN3O4/c1-13(10-19(25)22-12-15-6-4-5-7-16(15)21)23-24-20(26)14-8-9-17(27-2)18(11-14)28-3/h4-9,11H,10,12H2,1-3H3,(H,22,25)(H,24,26)/b23-13-. The first-order valence-corrected chi connectivity index (χ1v) is 8.88. The predicted molar refractivity (Wildman–Crippen MR) is 108 cm³/mol. The summed E-state index contributed by atoms with van der Waals surface area (Å²) in [5.41, 5.74) is 4.08. The van der Waals surface area contributed by atoms with Gasteiger partial charge < -0.3 is 14.8 Å². The van der Waals surface area contributed by atoms with E-state index in [0.29, 0.717) is 34.3 Å². The summed E-state index contributed by atoms with van der Waals surface area (Å²) in [7, 11) is 3.01. The summed E-state index contributed by atoms with van der Waals surface area (Å²) in [6.07, 6.45) is 0.0522. The van der Waals surface area contributed by atoms with Gasteiger partial charge in [0.2, 0.25) is 5.91 Å². The van der Waals surface area contributed by atoms with Crippen LogP contribution in [0.1, 0.15) is 29.3 Å². The Balaban J connectivity index is 1.88. The SMILES string of the molecule is COc1ccc(C(=O)N/N=C(/C)CC(=O)NCc2ccccc2Cl)cc1OC. The van der Waals surface area contributed by atoms with Crippen LogP contribution in [-0.2, 0) is 11.3 Å². The maximum atomic E-state index is 12.2. The highest BCUT2D eigenvalue weighted by Gasteiger charge is 2.11. The molecule has 0 spiro atoms. The number of hydrazone groups is 1. The van der Waals surface area contributed by atoms with Crippen molar-refractivity contribution in [3.05, 3.63) is 58.6 Å². The highest BCUT2D eigenvalue weighted by Crippen LogP contribution is 2.27. The van der Waals surface area contributed by atoms with Crippen molar-refractivity contribution in [3.63, 3.8) is 0 Å². The van der Waals surface area contributed by atoms with Crippen molar-refractivity contribution in [2.45, 2.75) is 19.9 Å². The quantitative estimate of drug-likeness (QED) is 0.523. The van der Waals surface area contributed by atoms with Crippen molar-refractivity contribution in [2.24, 2.45) is 5.10 Å². The number of nitrogens with one attached hydrogen (secondary N) is 2. The molecule has 7 nitrogen and oxygen atoms in total. The Morgan fingerprint density at radius 3 is 2.46 bits per heavy atom. The van der Waals surface area contributed by atoms with E-state index in [-0.39, 0.29) is 12.3 Å². The van der Waals surface area contributed by atoms with Gasteiger partial charge in [0, 0.05) is 22.8 Å². The fourth-order valence-electron chi connectivity index (χ4n) is 2.36. The highest BCUT2D eigenvalue weighted by atomic mass is 35.5. The van der Waals surface area contributed by atoms with Crippen molar-refractivity contribution in [1.82, 2.24) is 10.7 Å². The van der Waals surface area contributed by atoms with Crippen LogP contribution >= 0.6 is 11.6 Å². The average molecular weight is 404 g/mol. The normalized spacial score (nSPS) is 10.9. The third kappa shape index (κ3) is 5.99. The Morgan fingerprint density at radius 2 is 1.79 bits per heavy atom. The largest absolute Gasteiger partial charge is 0.493 e. The summed E-state index contributed by atoms with van der Waals surface area (Å²) < 4.78 is 10.3. The number of ether oxygens (including phenoxy) is 2. The number of methoxy groups -OCH3 is 2. The molecule has 2 aromatic rings. The van der Waals surface area contributed by atoms with Gasteiger partial charge in [-0.15, -0.1) is 0 Å². The second kappa shape index (κ2) is 10.3. The highest BCUT2D eigenvalue weighted by molar-refractivity contribution is 6.31. The van der Waals surface area contributed by atoms with E-state index in [1.807, 2.05) is 18.2 Å². The molecule has 2 amide bonds. The van der Waals surface area contributed by atoms with Crippen LogP contribution in [0.4, 0.5) is 0 Å². The van der Waals surface area contributed by atoms with Gasteiger partial charge in [-0.25, -0.2) is 5.43 Å². The minimum Gasteiger partial charge on any atom is -0.493 e. The molecule has 0 heterocycles. The number of benzene rings is 2. The molecule has 148 valence electrons. The molecule has 0 saturated carbocycles. The summed E-state index contributed by atoms with van der Waals surface area (Å²) in [6, 6.07) is 12.1. The van der Waals surface area contributed by atoms with Crippen LogP contribution in [0.2, 0.25) is 5.02 Å². The fraction of sp³-hybridized carbons (Fsp3) is 0.250. The van der Waals surface area contributed by atoms with Crippen molar-refractivity contribution in [3.8, 4) is 11.5 Å². The van der Waals surface area contributed by atoms with E-state index in [0.717, 1.165) is 5.56 Å². The molecule has 0 fully saturated rings. The topological polar surface area (TPSA) is 89.0 Å². The molecule has 0 aliphatic rings. The molecule has 2 N–H and O–H groups in total. The number of nitrogens with zero attached hydrogens (tertiary/aromatic N) is 1. The summed E-state index contributed by atoms with van der Waals surface area (Å²) in [4.78, 5) is 24.2. The molecule has 0 aliphatic carbocycles. The summed E-state index contributed by atoms with van der Waals surface area (Å²) >= 11 is 6.06. The van der Waals surface area contributed by atoms with Crippen molar-refractivity contribution in [1.29, 1.82) is 0 Å². The molecule has 0 unspecified atom stereocenters. The zero-order valence-corrected chi connectivity index (χ0v) is 16.7. The summed E-state index contributed by atoms with van der Waals surface area (Å²) in [6.45, 7) is 1.98. The molecule has 0 bridgehead atoms. The van der Waals surface area contributed by atoms with Crippen LogP contribution in [0.5, 0.6) is 11.5 Å². The van der Waals surface area contributed by atoms with Crippen LogP contribution in [0.3, 0.4) is 0 Å². The predicted octanol–water partition coefficient (Wildman–Crippen LogP) is 3.17. The van der Waals surface area contributed by atoms with Crippen molar-refractivity contribution in [2.75, 3.05) is 14.2 Å². The Hall–Kier alpha value is -3.06. The van der Waals surface area contributed by atoms with E-state index < -0.39 is 5.91 Å². The van der Waals surface area contributed by atoms with E-state index in [9.17, 15) is 9.59 Å². The van der Waals surface area contributed by atoms with Gasteiger partial charge in [0.1, 0.15) is 0 Å². The zero-order valence-electron chi connectivity index (χ0n) is 15.9. The van der Waals surface area contributed by atoms with Gasteiger partial charge in [-0.3, -0.25) is 9.59 Å². The van der Waals surface area contributed by atoms with Gasteiger partial charge in [0.05, 0.1) is 20.6 Å².